The van der Waals surface area contributed by atoms with Crippen LogP contribution in [-0.4, -0.2) is 18.4 Å². The molecule has 0 aromatic heterocycles. The van der Waals surface area contributed by atoms with E-state index in [1.807, 2.05) is 0 Å². The Hall–Kier alpha value is -1.19. The molecule has 0 aromatic carbocycles. The van der Waals surface area contributed by atoms with Gasteiger partial charge in [0.1, 0.15) is 11.7 Å². The van der Waals surface area contributed by atoms with Gasteiger partial charge in [0.25, 0.3) is 0 Å². The van der Waals surface area contributed by atoms with Crippen LogP contribution in [0.25, 0.3) is 0 Å². The van der Waals surface area contributed by atoms with Crippen LogP contribution in [0.15, 0.2) is 15.2 Å². The molecule has 0 spiro atoms. The number of rotatable bonds is 1. The Morgan fingerprint density at radius 3 is 2.22 bits per heavy atom. The van der Waals surface area contributed by atoms with E-state index < -0.39 is 0 Å². The lowest BCUT2D eigenvalue weighted by molar-refractivity contribution is 1.19. The van der Waals surface area contributed by atoms with Crippen LogP contribution in [0, 0.1) is 0 Å². The molecule has 0 heterocycles. The van der Waals surface area contributed by atoms with Gasteiger partial charge in [-0.2, -0.15) is 0 Å². The molecular weight excluding hydrogens is 116 g/mol. The molecule has 50 valence electrons. The normalized spacial score (nSPS) is 13.6. The van der Waals surface area contributed by atoms with Crippen LogP contribution in [-0.2, 0) is 0 Å². The molecule has 0 aliphatic rings. The molecule has 0 aliphatic heterocycles. The van der Waals surface area contributed by atoms with E-state index in [-0.39, 0.29) is 0 Å². The minimum absolute atomic E-state index is 0.415. The van der Waals surface area contributed by atoms with Gasteiger partial charge in [-0.15, -0.1) is 10.2 Å². The van der Waals surface area contributed by atoms with E-state index in [4.69, 9.17) is 5.73 Å². The van der Waals surface area contributed by atoms with Gasteiger partial charge in [-0.3, -0.25) is 0 Å². The van der Waals surface area contributed by atoms with Crippen LogP contribution in [0.5, 0.6) is 0 Å². The Kier molecular flexibility index (Phi) is 3.27. The van der Waals surface area contributed by atoms with Crippen molar-refractivity contribution < 1.29 is 0 Å². The first-order valence-corrected chi connectivity index (χ1v) is 2.48. The van der Waals surface area contributed by atoms with Crippen molar-refractivity contribution in [1.29, 1.82) is 0 Å². The fourth-order valence-electron chi connectivity index (χ4n) is 0.183. The second kappa shape index (κ2) is 3.77. The first kappa shape index (κ1) is 7.81. The van der Waals surface area contributed by atoms with Crippen LogP contribution >= 0.6 is 0 Å². The molecule has 2 N–H and O–H groups in total. The molecule has 0 saturated carbocycles. The third kappa shape index (κ3) is 4.67. The van der Waals surface area contributed by atoms with Crippen molar-refractivity contribution in [3.8, 4) is 0 Å². The summed E-state index contributed by atoms with van der Waals surface area (Å²) in [6.45, 7) is 6.59. The van der Waals surface area contributed by atoms with E-state index >= 15 is 0 Å². The molecule has 0 saturated heterocycles. The SMILES string of the molecule is C=N/C(C)=N\N=C(\C)N. The van der Waals surface area contributed by atoms with Crippen molar-refractivity contribution in [3.63, 3.8) is 0 Å². The molecule has 9 heavy (non-hydrogen) atoms. The zero-order valence-electron chi connectivity index (χ0n) is 5.63. The summed E-state index contributed by atoms with van der Waals surface area (Å²) in [7, 11) is 0. The highest BCUT2D eigenvalue weighted by Gasteiger charge is 1.78. The summed E-state index contributed by atoms with van der Waals surface area (Å²) in [6, 6.07) is 0. The number of hydrogen-bond donors (Lipinski definition) is 1. The van der Waals surface area contributed by atoms with Crippen molar-refractivity contribution in [3.05, 3.63) is 0 Å². The molecule has 0 unspecified atom stereocenters. The van der Waals surface area contributed by atoms with E-state index in [1.165, 1.54) is 0 Å². The number of nitrogens with zero attached hydrogens (tertiary/aromatic N) is 3. The Morgan fingerprint density at radius 1 is 1.33 bits per heavy atom. The van der Waals surface area contributed by atoms with E-state index in [1.54, 1.807) is 13.8 Å². The van der Waals surface area contributed by atoms with Crippen LogP contribution in [0.4, 0.5) is 0 Å². The number of amidine groups is 2. The van der Waals surface area contributed by atoms with Gasteiger partial charge in [-0.1, -0.05) is 0 Å². The van der Waals surface area contributed by atoms with Crippen LogP contribution in [0.1, 0.15) is 13.8 Å². The predicted molar refractivity (Wildman–Crippen MR) is 40.0 cm³/mol. The first-order valence-electron chi connectivity index (χ1n) is 2.48. The van der Waals surface area contributed by atoms with Crippen LogP contribution < -0.4 is 5.73 Å². The molecule has 0 fully saturated rings. The fraction of sp³-hybridized carbons (Fsp3) is 0.400. The molecule has 4 heteroatoms. The van der Waals surface area contributed by atoms with Crippen molar-refractivity contribution in [1.82, 2.24) is 0 Å². The maximum atomic E-state index is 5.18. The summed E-state index contributed by atoms with van der Waals surface area (Å²) in [5.74, 6) is 0.929. The Morgan fingerprint density at radius 2 is 1.89 bits per heavy atom. The zero-order valence-corrected chi connectivity index (χ0v) is 5.63. The smallest absolute Gasteiger partial charge is 0.147 e. The topological polar surface area (TPSA) is 63.1 Å². The Labute approximate surface area is 54.2 Å². The summed E-state index contributed by atoms with van der Waals surface area (Å²) in [4.78, 5) is 3.50. The number of hydrogen-bond acceptors (Lipinski definition) is 2. The molecule has 0 aromatic rings. The van der Waals surface area contributed by atoms with Gasteiger partial charge in [0, 0.05) is 0 Å². The lowest BCUT2D eigenvalue weighted by Crippen LogP contribution is -2.03. The van der Waals surface area contributed by atoms with E-state index in [0.29, 0.717) is 11.7 Å². The molecule has 0 atom stereocenters. The second-order valence-corrected chi connectivity index (χ2v) is 1.55. The largest absolute Gasteiger partial charge is 0.386 e. The van der Waals surface area contributed by atoms with Crippen molar-refractivity contribution in [2.24, 2.45) is 20.9 Å². The van der Waals surface area contributed by atoms with E-state index in [9.17, 15) is 0 Å². The molecule has 0 radical (unpaired) electrons. The zero-order chi connectivity index (χ0) is 7.28. The predicted octanol–water partition coefficient (Wildman–Crippen LogP) is 0.398. The first-order chi connectivity index (χ1) is 4.16. The highest BCUT2D eigenvalue weighted by molar-refractivity contribution is 5.85. The van der Waals surface area contributed by atoms with Crippen LogP contribution in [0.2, 0.25) is 0 Å². The monoisotopic (exact) mass is 126 g/mol. The van der Waals surface area contributed by atoms with Gasteiger partial charge in [0.2, 0.25) is 0 Å². The Balaban J connectivity index is 3.98. The van der Waals surface area contributed by atoms with Crippen molar-refractivity contribution >= 4 is 18.4 Å². The van der Waals surface area contributed by atoms with Gasteiger partial charge >= 0.3 is 0 Å². The highest BCUT2D eigenvalue weighted by Crippen LogP contribution is 1.78. The average Bonchev–Trinajstić information content (AvgIpc) is 1.83. The van der Waals surface area contributed by atoms with Crippen molar-refractivity contribution in [2.75, 3.05) is 0 Å². The summed E-state index contributed by atoms with van der Waals surface area (Å²) in [5.41, 5.74) is 5.18. The summed E-state index contributed by atoms with van der Waals surface area (Å²) in [5, 5.41) is 7.14. The minimum Gasteiger partial charge on any atom is -0.386 e. The summed E-state index contributed by atoms with van der Waals surface area (Å²) >= 11 is 0. The third-order valence-corrected chi connectivity index (χ3v) is 0.581. The van der Waals surface area contributed by atoms with Gasteiger partial charge in [0.05, 0.1) is 0 Å². The molecule has 4 nitrogen and oxygen atoms in total. The second-order valence-electron chi connectivity index (χ2n) is 1.55. The molecular formula is C5H10N4. The quantitative estimate of drug-likeness (QED) is 0.308. The molecule has 0 amide bonds. The van der Waals surface area contributed by atoms with Gasteiger partial charge in [-0.25, -0.2) is 4.99 Å². The van der Waals surface area contributed by atoms with Crippen LogP contribution in [0.3, 0.4) is 0 Å². The van der Waals surface area contributed by atoms with Crippen molar-refractivity contribution in [2.45, 2.75) is 13.8 Å². The molecule has 0 aliphatic carbocycles. The lowest BCUT2D eigenvalue weighted by Gasteiger charge is -1.84. The maximum absolute atomic E-state index is 5.18. The minimum atomic E-state index is 0.415. The highest BCUT2D eigenvalue weighted by atomic mass is 15.3. The summed E-state index contributed by atoms with van der Waals surface area (Å²) < 4.78 is 0. The standard InChI is InChI=1S/C5H10N4/c1-4(6)8-9-5(2)7-3/h3H2,1-2H3,(H2,6,8)/b9-5-. The molecule has 0 bridgehead atoms. The van der Waals surface area contributed by atoms with E-state index in [0.717, 1.165) is 0 Å². The average molecular weight is 126 g/mol. The maximum Gasteiger partial charge on any atom is 0.147 e. The lowest BCUT2D eigenvalue weighted by atomic mass is 10.7. The van der Waals surface area contributed by atoms with E-state index in [2.05, 4.69) is 21.9 Å². The fourth-order valence-corrected chi connectivity index (χ4v) is 0.183. The van der Waals surface area contributed by atoms with Gasteiger partial charge in [-0.05, 0) is 20.6 Å². The number of nitrogens with two attached hydrogens (primary N) is 1. The van der Waals surface area contributed by atoms with Gasteiger partial charge < -0.3 is 5.73 Å². The summed E-state index contributed by atoms with van der Waals surface area (Å²) in [6.07, 6.45) is 0. The van der Waals surface area contributed by atoms with Gasteiger partial charge in [0.15, 0.2) is 0 Å². The molecule has 0 rings (SSSR count). The number of aliphatic imine (C=N–C) groups is 1. The third-order valence-electron chi connectivity index (χ3n) is 0.581. The Bertz CT molecular complexity index is 152.